The van der Waals surface area contributed by atoms with Crippen LogP contribution in [-0.4, -0.2) is 23.5 Å². The Labute approximate surface area is 81.1 Å². The lowest BCUT2D eigenvalue weighted by Crippen LogP contribution is -2.17. The minimum absolute atomic E-state index is 0.199. The van der Waals surface area contributed by atoms with Gasteiger partial charge in [0.05, 0.1) is 0 Å². The Morgan fingerprint density at radius 3 is 2.64 bits per heavy atom. The molecule has 0 aromatic carbocycles. The summed E-state index contributed by atoms with van der Waals surface area (Å²) in [6.07, 6.45) is 2.44. The lowest BCUT2D eigenvalue weighted by molar-refractivity contribution is -0.119. The highest BCUT2D eigenvalue weighted by molar-refractivity contribution is 5.87. The first-order valence-corrected chi connectivity index (χ1v) is 4.02. The van der Waals surface area contributed by atoms with Crippen molar-refractivity contribution >= 4 is 17.6 Å². The van der Waals surface area contributed by atoms with E-state index in [2.05, 4.69) is 15.0 Å². The summed E-state index contributed by atoms with van der Waals surface area (Å²) in [6, 6.07) is 3.24. The first kappa shape index (κ1) is 10.2. The highest BCUT2D eigenvalue weighted by Crippen LogP contribution is 2.03. The summed E-state index contributed by atoms with van der Waals surface area (Å²) in [5, 5.41) is 2.44. The number of carbonyl (C=O) groups excluding carboxylic acids is 2. The molecule has 1 rings (SSSR count). The number of ether oxygens (including phenoxy) is 1. The van der Waals surface area contributed by atoms with Gasteiger partial charge in [-0.05, 0) is 19.1 Å². The number of rotatable bonds is 3. The largest absolute Gasteiger partial charge is 0.441 e. The van der Waals surface area contributed by atoms with Crippen LogP contribution in [0.15, 0.2) is 24.5 Å². The van der Waals surface area contributed by atoms with Crippen molar-refractivity contribution in [3.63, 3.8) is 0 Å². The van der Waals surface area contributed by atoms with Crippen LogP contribution in [0.3, 0.4) is 0 Å². The zero-order valence-electron chi connectivity index (χ0n) is 7.69. The minimum Gasteiger partial charge on any atom is -0.441 e. The van der Waals surface area contributed by atoms with Crippen LogP contribution >= 0.6 is 0 Å². The summed E-state index contributed by atoms with van der Waals surface area (Å²) in [5.41, 5.74) is 0.577. The van der Waals surface area contributed by atoms with Crippen LogP contribution in [0.1, 0.15) is 6.92 Å². The first-order chi connectivity index (χ1) is 6.68. The smallest absolute Gasteiger partial charge is 0.412 e. The number of anilines is 1. The molecule has 1 heterocycles. The van der Waals surface area contributed by atoms with E-state index in [1.54, 1.807) is 24.5 Å². The second kappa shape index (κ2) is 4.96. The molecule has 0 atom stereocenters. The van der Waals surface area contributed by atoms with Gasteiger partial charge in [-0.2, -0.15) is 0 Å². The molecule has 0 saturated carbocycles. The molecule has 14 heavy (non-hydrogen) atoms. The van der Waals surface area contributed by atoms with E-state index in [0.29, 0.717) is 5.69 Å². The Hall–Kier alpha value is -1.91. The van der Waals surface area contributed by atoms with Crippen molar-refractivity contribution in [2.45, 2.75) is 6.92 Å². The quantitative estimate of drug-likeness (QED) is 0.785. The second-order valence-electron chi connectivity index (χ2n) is 2.64. The third-order valence-corrected chi connectivity index (χ3v) is 1.33. The number of hydrogen-bond acceptors (Lipinski definition) is 4. The molecule has 1 amide bonds. The number of hydrogen-bond donors (Lipinski definition) is 1. The predicted molar refractivity (Wildman–Crippen MR) is 49.9 cm³/mol. The van der Waals surface area contributed by atoms with Crippen LogP contribution in [0.25, 0.3) is 0 Å². The Morgan fingerprint density at radius 1 is 1.43 bits per heavy atom. The molecular formula is C9H10N2O3. The van der Waals surface area contributed by atoms with E-state index in [1.165, 1.54) is 6.92 Å². The van der Waals surface area contributed by atoms with Gasteiger partial charge in [0, 0.05) is 18.1 Å². The molecule has 0 unspecified atom stereocenters. The lowest BCUT2D eigenvalue weighted by atomic mass is 10.4. The molecule has 0 saturated heterocycles. The summed E-state index contributed by atoms with van der Waals surface area (Å²) in [5.74, 6) is -0.199. The van der Waals surface area contributed by atoms with Crippen LogP contribution in [0, 0.1) is 0 Å². The lowest BCUT2D eigenvalue weighted by Gasteiger charge is -2.04. The summed E-state index contributed by atoms with van der Waals surface area (Å²) in [7, 11) is 0. The third-order valence-electron chi connectivity index (χ3n) is 1.33. The molecule has 1 N–H and O–H groups in total. The molecule has 0 bridgehead atoms. The summed E-state index contributed by atoms with van der Waals surface area (Å²) in [6.45, 7) is 1.14. The number of aromatic nitrogens is 1. The van der Waals surface area contributed by atoms with E-state index in [4.69, 9.17) is 0 Å². The molecule has 0 radical (unpaired) electrons. The van der Waals surface area contributed by atoms with Gasteiger partial charge in [-0.15, -0.1) is 0 Å². The second-order valence-corrected chi connectivity index (χ2v) is 2.64. The van der Waals surface area contributed by atoms with Crippen molar-refractivity contribution in [3.8, 4) is 0 Å². The van der Waals surface area contributed by atoms with Crippen molar-refractivity contribution in [2.24, 2.45) is 0 Å². The fraction of sp³-hybridized carbons (Fsp3) is 0.222. The van der Waals surface area contributed by atoms with E-state index in [0.717, 1.165) is 0 Å². The van der Waals surface area contributed by atoms with Crippen molar-refractivity contribution < 1.29 is 14.3 Å². The van der Waals surface area contributed by atoms with E-state index in [9.17, 15) is 9.59 Å². The van der Waals surface area contributed by atoms with Crippen molar-refractivity contribution in [3.05, 3.63) is 24.5 Å². The van der Waals surface area contributed by atoms with Crippen LogP contribution < -0.4 is 5.32 Å². The fourth-order valence-corrected chi connectivity index (χ4v) is 0.756. The summed E-state index contributed by atoms with van der Waals surface area (Å²) in [4.78, 5) is 25.3. The zero-order chi connectivity index (χ0) is 10.4. The van der Waals surface area contributed by atoms with Gasteiger partial charge in [0.25, 0.3) is 0 Å². The average molecular weight is 194 g/mol. The number of Topliss-reactive ketones (excluding diaryl/α,β-unsaturated/α-hetero) is 1. The van der Waals surface area contributed by atoms with Crippen molar-refractivity contribution in [2.75, 3.05) is 11.9 Å². The topological polar surface area (TPSA) is 68.3 Å². The number of amides is 1. The minimum atomic E-state index is -0.647. The van der Waals surface area contributed by atoms with Gasteiger partial charge in [0.15, 0.2) is 12.4 Å². The number of nitrogens with zero attached hydrogens (tertiary/aromatic N) is 1. The van der Waals surface area contributed by atoms with Crippen LogP contribution in [0.5, 0.6) is 0 Å². The van der Waals surface area contributed by atoms with Gasteiger partial charge >= 0.3 is 6.09 Å². The molecule has 5 heteroatoms. The van der Waals surface area contributed by atoms with Crippen molar-refractivity contribution in [1.29, 1.82) is 0 Å². The van der Waals surface area contributed by atoms with Crippen molar-refractivity contribution in [1.82, 2.24) is 4.98 Å². The SMILES string of the molecule is CC(=O)COC(=O)Nc1ccncc1. The number of ketones is 1. The van der Waals surface area contributed by atoms with Crippen LogP contribution in [0.2, 0.25) is 0 Å². The van der Waals surface area contributed by atoms with E-state index < -0.39 is 6.09 Å². The molecule has 0 aliphatic carbocycles. The van der Waals surface area contributed by atoms with Gasteiger partial charge < -0.3 is 4.74 Å². The summed E-state index contributed by atoms with van der Waals surface area (Å²) < 4.78 is 4.59. The fourth-order valence-electron chi connectivity index (χ4n) is 0.756. The highest BCUT2D eigenvalue weighted by atomic mass is 16.5. The Bertz CT molecular complexity index is 324. The molecule has 0 spiro atoms. The van der Waals surface area contributed by atoms with Gasteiger partial charge in [-0.3, -0.25) is 15.1 Å². The Morgan fingerprint density at radius 2 is 2.07 bits per heavy atom. The first-order valence-electron chi connectivity index (χ1n) is 4.02. The highest BCUT2D eigenvalue weighted by Gasteiger charge is 2.03. The van der Waals surface area contributed by atoms with E-state index in [-0.39, 0.29) is 12.4 Å². The third kappa shape index (κ3) is 3.66. The van der Waals surface area contributed by atoms with Gasteiger partial charge in [0.2, 0.25) is 0 Å². The Balaban J connectivity index is 2.38. The maximum Gasteiger partial charge on any atom is 0.412 e. The molecule has 0 aliphatic rings. The number of nitrogens with one attached hydrogen (secondary N) is 1. The van der Waals surface area contributed by atoms with Crippen LogP contribution in [-0.2, 0) is 9.53 Å². The molecule has 0 fully saturated rings. The monoisotopic (exact) mass is 194 g/mol. The molecule has 5 nitrogen and oxygen atoms in total. The maximum absolute atomic E-state index is 11.0. The van der Waals surface area contributed by atoms with Crippen LogP contribution in [0.4, 0.5) is 10.5 Å². The van der Waals surface area contributed by atoms with E-state index >= 15 is 0 Å². The average Bonchev–Trinajstić information content (AvgIpc) is 2.16. The number of pyridine rings is 1. The number of carbonyl (C=O) groups is 2. The molecule has 1 aromatic rings. The van der Waals surface area contributed by atoms with Gasteiger partial charge in [-0.1, -0.05) is 0 Å². The summed E-state index contributed by atoms with van der Waals surface area (Å²) >= 11 is 0. The molecule has 74 valence electrons. The van der Waals surface area contributed by atoms with Gasteiger partial charge in [-0.25, -0.2) is 4.79 Å². The molecule has 1 aromatic heterocycles. The molecule has 0 aliphatic heterocycles. The normalized spacial score (nSPS) is 9.21. The Kier molecular flexibility index (Phi) is 3.60. The zero-order valence-corrected chi connectivity index (χ0v) is 7.69. The standard InChI is InChI=1S/C9H10N2O3/c1-7(12)6-14-9(13)11-8-2-4-10-5-3-8/h2-5H,6H2,1H3,(H,10,11,13). The van der Waals surface area contributed by atoms with Gasteiger partial charge in [0.1, 0.15) is 0 Å². The predicted octanol–water partition coefficient (Wildman–Crippen LogP) is 1.22. The molecular weight excluding hydrogens is 184 g/mol. The van der Waals surface area contributed by atoms with E-state index in [1.807, 2.05) is 0 Å². The maximum atomic E-state index is 11.0.